The van der Waals surface area contributed by atoms with Crippen molar-refractivity contribution in [2.24, 2.45) is 0 Å². The third kappa shape index (κ3) is 3.78. The Morgan fingerprint density at radius 1 is 1.05 bits per heavy atom. The van der Waals surface area contributed by atoms with Crippen LogP contribution in [0.2, 0.25) is 0 Å². The van der Waals surface area contributed by atoms with Crippen LogP contribution in [0.25, 0.3) is 5.57 Å². The molecule has 1 atom stereocenters. The fraction of sp³-hybridized carbons (Fsp3) is 0.176. The van der Waals surface area contributed by atoms with E-state index in [1.54, 1.807) is 7.11 Å². The van der Waals surface area contributed by atoms with Crippen molar-refractivity contribution in [1.29, 1.82) is 0 Å². The van der Waals surface area contributed by atoms with Gasteiger partial charge in [0, 0.05) is 7.11 Å². The topological polar surface area (TPSA) is 29.5 Å². The van der Waals surface area contributed by atoms with Crippen molar-refractivity contribution in [1.82, 2.24) is 0 Å². The molecule has 2 aromatic rings. The molecular weight excluding hydrogens is 236 g/mol. The standard InChI is InChI=1S/C17H18O2/c1-19-13-16(14-8-4-2-5-9-14)12-17(18)15-10-6-3-7-11-15/h2-12,17-18H,13H2,1H3/b16-12+. The summed E-state index contributed by atoms with van der Waals surface area (Å²) in [6.07, 6.45) is 1.22. The molecule has 0 aromatic heterocycles. The number of hydrogen-bond donors (Lipinski definition) is 1. The number of hydrogen-bond acceptors (Lipinski definition) is 2. The minimum Gasteiger partial charge on any atom is -0.384 e. The molecule has 0 saturated carbocycles. The summed E-state index contributed by atoms with van der Waals surface area (Å²) >= 11 is 0. The second-order valence-electron chi connectivity index (χ2n) is 4.35. The molecule has 1 N–H and O–H groups in total. The van der Waals surface area contributed by atoms with E-state index in [9.17, 15) is 5.11 Å². The molecule has 0 aliphatic carbocycles. The molecular formula is C17H18O2. The number of ether oxygens (including phenoxy) is 1. The number of aliphatic hydroxyl groups is 1. The zero-order valence-corrected chi connectivity index (χ0v) is 11.0. The highest BCUT2D eigenvalue weighted by molar-refractivity contribution is 5.67. The lowest BCUT2D eigenvalue weighted by Gasteiger charge is -2.11. The fourth-order valence-electron chi connectivity index (χ4n) is 1.97. The number of rotatable bonds is 5. The van der Waals surface area contributed by atoms with E-state index in [1.807, 2.05) is 66.7 Å². The highest BCUT2D eigenvalue weighted by atomic mass is 16.5. The zero-order valence-electron chi connectivity index (χ0n) is 11.0. The predicted octanol–water partition coefficient (Wildman–Crippen LogP) is 3.45. The summed E-state index contributed by atoms with van der Waals surface area (Å²) in [4.78, 5) is 0. The van der Waals surface area contributed by atoms with Crippen LogP contribution < -0.4 is 0 Å². The van der Waals surface area contributed by atoms with Gasteiger partial charge in [-0.15, -0.1) is 0 Å². The minimum absolute atomic E-state index is 0.480. The maximum atomic E-state index is 10.2. The van der Waals surface area contributed by atoms with Crippen molar-refractivity contribution in [2.45, 2.75) is 6.10 Å². The SMILES string of the molecule is COC/C(=C\C(O)c1ccccc1)c1ccccc1. The van der Waals surface area contributed by atoms with Crippen molar-refractivity contribution in [2.75, 3.05) is 13.7 Å². The Morgan fingerprint density at radius 3 is 2.21 bits per heavy atom. The highest BCUT2D eigenvalue weighted by Crippen LogP contribution is 2.21. The van der Waals surface area contributed by atoms with Crippen LogP contribution in [-0.4, -0.2) is 18.8 Å². The third-order valence-electron chi connectivity index (χ3n) is 2.94. The van der Waals surface area contributed by atoms with Gasteiger partial charge < -0.3 is 9.84 Å². The van der Waals surface area contributed by atoms with Crippen molar-refractivity contribution in [3.63, 3.8) is 0 Å². The van der Waals surface area contributed by atoms with Crippen LogP contribution in [0, 0.1) is 0 Å². The quantitative estimate of drug-likeness (QED) is 0.885. The summed E-state index contributed by atoms with van der Waals surface area (Å²) in [6.45, 7) is 0.480. The normalized spacial score (nSPS) is 13.3. The molecule has 0 aliphatic heterocycles. The number of benzene rings is 2. The van der Waals surface area contributed by atoms with Crippen LogP contribution in [0.3, 0.4) is 0 Å². The van der Waals surface area contributed by atoms with Gasteiger partial charge in [0.15, 0.2) is 0 Å². The zero-order chi connectivity index (χ0) is 13.5. The van der Waals surface area contributed by atoms with Gasteiger partial charge in [-0.25, -0.2) is 0 Å². The molecule has 2 heteroatoms. The molecule has 0 bridgehead atoms. The minimum atomic E-state index is -0.619. The summed E-state index contributed by atoms with van der Waals surface area (Å²) in [5.41, 5.74) is 2.94. The summed E-state index contributed by atoms with van der Waals surface area (Å²) in [7, 11) is 1.66. The lowest BCUT2D eigenvalue weighted by atomic mass is 10.0. The molecule has 1 unspecified atom stereocenters. The summed E-state index contributed by atoms with van der Waals surface area (Å²) in [5.74, 6) is 0. The Bertz CT molecular complexity index is 517. The Hall–Kier alpha value is -1.90. The van der Waals surface area contributed by atoms with Gasteiger partial charge in [0.05, 0.1) is 12.7 Å². The highest BCUT2D eigenvalue weighted by Gasteiger charge is 2.07. The van der Waals surface area contributed by atoms with Gasteiger partial charge in [0.1, 0.15) is 0 Å². The Balaban J connectivity index is 2.26. The van der Waals surface area contributed by atoms with Gasteiger partial charge in [0.2, 0.25) is 0 Å². The first-order chi connectivity index (χ1) is 9.31. The second kappa shape index (κ2) is 6.88. The molecule has 0 heterocycles. The Morgan fingerprint density at radius 2 is 1.63 bits per heavy atom. The lowest BCUT2D eigenvalue weighted by Crippen LogP contribution is -1.99. The van der Waals surface area contributed by atoms with Crippen LogP contribution in [0.15, 0.2) is 66.7 Å². The maximum absolute atomic E-state index is 10.2. The third-order valence-corrected chi connectivity index (χ3v) is 2.94. The Kier molecular flexibility index (Phi) is 4.90. The molecule has 0 spiro atoms. The van der Waals surface area contributed by atoms with Gasteiger partial charge in [-0.05, 0) is 22.8 Å². The lowest BCUT2D eigenvalue weighted by molar-refractivity contribution is 0.222. The smallest absolute Gasteiger partial charge is 0.0978 e. The monoisotopic (exact) mass is 254 g/mol. The van der Waals surface area contributed by atoms with E-state index < -0.39 is 6.10 Å². The van der Waals surface area contributed by atoms with Crippen LogP contribution >= 0.6 is 0 Å². The molecule has 98 valence electrons. The van der Waals surface area contributed by atoms with Crippen LogP contribution in [0.4, 0.5) is 0 Å². The molecule has 2 rings (SSSR count). The molecule has 0 amide bonds. The molecule has 0 fully saturated rings. The summed E-state index contributed by atoms with van der Waals surface area (Å²) in [5, 5.41) is 10.2. The van der Waals surface area contributed by atoms with Crippen molar-refractivity contribution in [3.8, 4) is 0 Å². The van der Waals surface area contributed by atoms with E-state index in [0.29, 0.717) is 6.61 Å². The van der Waals surface area contributed by atoms with Gasteiger partial charge in [-0.1, -0.05) is 60.7 Å². The summed E-state index contributed by atoms with van der Waals surface area (Å²) in [6, 6.07) is 19.6. The van der Waals surface area contributed by atoms with Gasteiger partial charge in [-0.2, -0.15) is 0 Å². The largest absolute Gasteiger partial charge is 0.384 e. The van der Waals surface area contributed by atoms with Crippen LogP contribution in [0.5, 0.6) is 0 Å². The first-order valence-corrected chi connectivity index (χ1v) is 6.29. The molecule has 0 saturated heterocycles. The average Bonchev–Trinajstić information content (AvgIpc) is 2.48. The molecule has 0 radical (unpaired) electrons. The molecule has 0 aliphatic rings. The van der Waals surface area contributed by atoms with Gasteiger partial charge in [-0.3, -0.25) is 0 Å². The van der Waals surface area contributed by atoms with Crippen LogP contribution in [0.1, 0.15) is 17.2 Å². The van der Waals surface area contributed by atoms with Crippen molar-refractivity contribution < 1.29 is 9.84 Å². The van der Waals surface area contributed by atoms with Gasteiger partial charge >= 0.3 is 0 Å². The van der Waals surface area contributed by atoms with E-state index in [0.717, 1.165) is 16.7 Å². The number of aliphatic hydroxyl groups excluding tert-OH is 1. The van der Waals surface area contributed by atoms with Gasteiger partial charge in [0.25, 0.3) is 0 Å². The predicted molar refractivity (Wildman–Crippen MR) is 77.7 cm³/mol. The van der Waals surface area contributed by atoms with E-state index >= 15 is 0 Å². The van der Waals surface area contributed by atoms with Crippen molar-refractivity contribution in [3.05, 3.63) is 77.9 Å². The first kappa shape index (κ1) is 13.5. The summed E-state index contributed by atoms with van der Waals surface area (Å²) < 4.78 is 5.22. The van der Waals surface area contributed by atoms with Crippen LogP contribution in [-0.2, 0) is 4.74 Å². The average molecular weight is 254 g/mol. The maximum Gasteiger partial charge on any atom is 0.0978 e. The van der Waals surface area contributed by atoms with E-state index in [-0.39, 0.29) is 0 Å². The number of methoxy groups -OCH3 is 1. The van der Waals surface area contributed by atoms with E-state index in [2.05, 4.69) is 0 Å². The first-order valence-electron chi connectivity index (χ1n) is 6.29. The molecule has 2 nitrogen and oxygen atoms in total. The van der Waals surface area contributed by atoms with E-state index in [4.69, 9.17) is 4.74 Å². The Labute approximate surface area is 114 Å². The van der Waals surface area contributed by atoms with E-state index in [1.165, 1.54) is 0 Å². The molecule has 19 heavy (non-hydrogen) atoms. The second-order valence-corrected chi connectivity index (χ2v) is 4.35. The van der Waals surface area contributed by atoms with Crippen molar-refractivity contribution >= 4 is 5.57 Å². The fourth-order valence-corrected chi connectivity index (χ4v) is 1.97. The molecule has 2 aromatic carbocycles.